The molecule has 0 bridgehead atoms. The Morgan fingerprint density at radius 1 is 1.29 bits per heavy atom. The van der Waals surface area contributed by atoms with E-state index in [1.165, 1.54) is 0 Å². The summed E-state index contributed by atoms with van der Waals surface area (Å²) in [6, 6.07) is 0.0456. The van der Waals surface area contributed by atoms with Crippen LogP contribution < -0.4 is 5.32 Å². The predicted octanol–water partition coefficient (Wildman–Crippen LogP) is 2.54. The molecule has 1 rings (SSSR count). The highest BCUT2D eigenvalue weighted by atomic mass is 16.2. The molecule has 0 aromatic carbocycles. The molecule has 0 aliphatic heterocycles. The molecule has 98 valence electrons. The molecule has 1 amide bonds. The van der Waals surface area contributed by atoms with Crippen LogP contribution in [0.25, 0.3) is 0 Å². The van der Waals surface area contributed by atoms with Crippen LogP contribution in [0, 0.1) is 17.3 Å². The zero-order valence-corrected chi connectivity index (χ0v) is 11.7. The van der Waals surface area contributed by atoms with Crippen LogP contribution in [0.4, 0.5) is 0 Å². The second kappa shape index (κ2) is 5.19. The van der Waals surface area contributed by atoms with Crippen molar-refractivity contribution < 1.29 is 9.59 Å². The van der Waals surface area contributed by atoms with Gasteiger partial charge in [0.05, 0.1) is 0 Å². The van der Waals surface area contributed by atoms with Crippen LogP contribution >= 0.6 is 0 Å². The van der Waals surface area contributed by atoms with Crippen molar-refractivity contribution in [2.24, 2.45) is 17.3 Å². The first-order chi connectivity index (χ1) is 7.71. The molecule has 0 heterocycles. The average molecular weight is 239 g/mol. The number of nitrogens with one attached hydrogen (secondary N) is 1. The third kappa shape index (κ3) is 3.83. The van der Waals surface area contributed by atoms with Crippen molar-refractivity contribution in [1.29, 1.82) is 0 Å². The molecule has 0 radical (unpaired) electrons. The third-order valence-corrected chi connectivity index (χ3v) is 3.51. The second-order valence-corrected chi connectivity index (χ2v) is 6.52. The highest BCUT2D eigenvalue weighted by molar-refractivity contribution is 5.85. The van der Waals surface area contributed by atoms with E-state index in [4.69, 9.17) is 0 Å². The van der Waals surface area contributed by atoms with Gasteiger partial charge in [0, 0.05) is 23.8 Å². The Morgan fingerprint density at radius 2 is 1.88 bits per heavy atom. The third-order valence-electron chi connectivity index (χ3n) is 3.51. The van der Waals surface area contributed by atoms with Gasteiger partial charge >= 0.3 is 0 Å². The Hall–Kier alpha value is -0.860. The number of hydrogen-bond acceptors (Lipinski definition) is 2. The Bertz CT molecular complexity index is 302. The van der Waals surface area contributed by atoms with Crippen molar-refractivity contribution >= 4 is 11.7 Å². The molecule has 3 heteroatoms. The Balaban J connectivity index is 2.51. The summed E-state index contributed by atoms with van der Waals surface area (Å²) in [4.78, 5) is 23.8. The van der Waals surface area contributed by atoms with Gasteiger partial charge in [-0.25, -0.2) is 0 Å². The van der Waals surface area contributed by atoms with E-state index in [1.54, 1.807) is 0 Å². The molecule has 0 unspecified atom stereocenters. The van der Waals surface area contributed by atoms with Gasteiger partial charge in [0.25, 0.3) is 0 Å². The molecule has 1 fully saturated rings. The number of hydrogen-bond donors (Lipinski definition) is 1. The summed E-state index contributed by atoms with van der Waals surface area (Å²) in [6.07, 6.45) is 2.34. The number of carbonyl (C=O) groups is 2. The van der Waals surface area contributed by atoms with Crippen molar-refractivity contribution in [1.82, 2.24) is 5.32 Å². The summed E-state index contributed by atoms with van der Waals surface area (Å²) in [5.74, 6) is 0.961. The molecule has 17 heavy (non-hydrogen) atoms. The van der Waals surface area contributed by atoms with Gasteiger partial charge < -0.3 is 5.32 Å². The molecular weight excluding hydrogens is 214 g/mol. The van der Waals surface area contributed by atoms with Gasteiger partial charge in [-0.05, 0) is 18.8 Å². The van der Waals surface area contributed by atoms with Crippen LogP contribution in [0.15, 0.2) is 0 Å². The number of Topliss-reactive ketones (excluding diaryl/α,β-unsaturated/α-hetero) is 1. The van der Waals surface area contributed by atoms with E-state index in [0.717, 1.165) is 12.8 Å². The monoisotopic (exact) mass is 239 g/mol. The molecule has 3 nitrogen and oxygen atoms in total. The quantitative estimate of drug-likeness (QED) is 0.805. The molecule has 1 N–H and O–H groups in total. The van der Waals surface area contributed by atoms with E-state index in [9.17, 15) is 9.59 Å². The van der Waals surface area contributed by atoms with Crippen LogP contribution in [0.5, 0.6) is 0 Å². The van der Waals surface area contributed by atoms with E-state index >= 15 is 0 Å². The minimum atomic E-state index is -0.377. The van der Waals surface area contributed by atoms with Gasteiger partial charge in [0.2, 0.25) is 5.91 Å². The van der Waals surface area contributed by atoms with E-state index in [2.05, 4.69) is 19.2 Å². The van der Waals surface area contributed by atoms with Crippen molar-refractivity contribution in [3.8, 4) is 0 Å². The molecule has 1 aliphatic carbocycles. The fraction of sp³-hybridized carbons (Fsp3) is 0.857. The van der Waals surface area contributed by atoms with Gasteiger partial charge in [-0.3, -0.25) is 9.59 Å². The minimum absolute atomic E-state index is 0.0401. The topological polar surface area (TPSA) is 46.2 Å². The summed E-state index contributed by atoms with van der Waals surface area (Å²) >= 11 is 0. The fourth-order valence-electron chi connectivity index (χ4n) is 2.27. The Labute approximate surface area is 104 Å². The molecule has 0 aromatic rings. The first-order valence-corrected chi connectivity index (χ1v) is 6.55. The molecular formula is C14H25NO2. The average Bonchev–Trinajstić information content (AvgIpc) is 2.15. The van der Waals surface area contributed by atoms with Crippen LogP contribution in [-0.4, -0.2) is 17.7 Å². The number of ketones is 1. The summed E-state index contributed by atoms with van der Waals surface area (Å²) in [7, 11) is 0. The lowest BCUT2D eigenvalue weighted by molar-refractivity contribution is -0.131. The second-order valence-electron chi connectivity index (χ2n) is 6.52. The molecule has 1 aliphatic rings. The number of carbonyl (C=O) groups excluding carboxylic acids is 2. The smallest absolute Gasteiger partial charge is 0.225 e. The van der Waals surface area contributed by atoms with Gasteiger partial charge in [0.15, 0.2) is 0 Å². The lowest BCUT2D eigenvalue weighted by atomic mass is 9.78. The normalized spacial score (nSPS) is 26.1. The van der Waals surface area contributed by atoms with Crippen molar-refractivity contribution in [3.05, 3.63) is 0 Å². The van der Waals surface area contributed by atoms with E-state index < -0.39 is 0 Å². The summed E-state index contributed by atoms with van der Waals surface area (Å²) in [6.45, 7) is 9.87. The maximum absolute atomic E-state index is 11.9. The molecule has 0 spiro atoms. The minimum Gasteiger partial charge on any atom is -0.352 e. The first-order valence-electron chi connectivity index (χ1n) is 6.55. The first kappa shape index (κ1) is 14.2. The Kier molecular flexibility index (Phi) is 4.34. The fourth-order valence-corrected chi connectivity index (χ4v) is 2.27. The van der Waals surface area contributed by atoms with Crippen LogP contribution in [0.1, 0.15) is 53.9 Å². The lowest BCUT2D eigenvalue weighted by Gasteiger charge is -2.31. The maximum Gasteiger partial charge on any atom is 0.225 e. The molecule has 2 atom stereocenters. The zero-order valence-electron chi connectivity index (χ0n) is 11.7. The van der Waals surface area contributed by atoms with Crippen molar-refractivity contribution in [3.63, 3.8) is 0 Å². The van der Waals surface area contributed by atoms with Gasteiger partial charge in [0.1, 0.15) is 5.78 Å². The summed E-state index contributed by atoms with van der Waals surface area (Å²) in [5.41, 5.74) is -0.377. The highest BCUT2D eigenvalue weighted by Crippen LogP contribution is 2.27. The maximum atomic E-state index is 11.9. The van der Waals surface area contributed by atoms with E-state index in [0.29, 0.717) is 18.1 Å². The van der Waals surface area contributed by atoms with Crippen molar-refractivity contribution in [2.75, 3.05) is 0 Å². The molecule has 0 saturated heterocycles. The predicted molar refractivity (Wildman–Crippen MR) is 68.6 cm³/mol. The van der Waals surface area contributed by atoms with Gasteiger partial charge in [-0.2, -0.15) is 0 Å². The van der Waals surface area contributed by atoms with E-state index in [1.807, 2.05) is 20.8 Å². The molecule has 1 saturated carbocycles. The van der Waals surface area contributed by atoms with Crippen LogP contribution in [-0.2, 0) is 9.59 Å². The van der Waals surface area contributed by atoms with E-state index in [-0.39, 0.29) is 23.3 Å². The highest BCUT2D eigenvalue weighted by Gasteiger charge is 2.32. The Morgan fingerprint density at radius 3 is 2.29 bits per heavy atom. The summed E-state index contributed by atoms with van der Waals surface area (Å²) < 4.78 is 0. The zero-order chi connectivity index (χ0) is 13.2. The SMILES string of the molecule is CC(C)[C@@H]1CC[C@@H](NC(=O)C(C)(C)C)CC1=O. The number of amides is 1. The summed E-state index contributed by atoms with van der Waals surface area (Å²) in [5, 5.41) is 2.99. The lowest BCUT2D eigenvalue weighted by Crippen LogP contribution is -2.46. The van der Waals surface area contributed by atoms with Crippen LogP contribution in [0.3, 0.4) is 0 Å². The molecule has 0 aromatic heterocycles. The van der Waals surface area contributed by atoms with Crippen LogP contribution in [0.2, 0.25) is 0 Å². The van der Waals surface area contributed by atoms with Gasteiger partial charge in [-0.15, -0.1) is 0 Å². The number of rotatable bonds is 2. The van der Waals surface area contributed by atoms with Crippen molar-refractivity contribution in [2.45, 2.75) is 59.9 Å². The van der Waals surface area contributed by atoms with Gasteiger partial charge in [-0.1, -0.05) is 34.6 Å². The standard InChI is InChI=1S/C14H25NO2/c1-9(2)11-7-6-10(8-12(11)16)15-13(17)14(3,4)5/h9-11H,6-8H2,1-5H3,(H,15,17)/t10-,11+/m1/s1. The largest absolute Gasteiger partial charge is 0.352 e.